The van der Waals surface area contributed by atoms with Crippen molar-refractivity contribution in [3.63, 3.8) is 0 Å². The third-order valence-electron chi connectivity index (χ3n) is 6.51. The van der Waals surface area contributed by atoms with E-state index in [0.29, 0.717) is 30.9 Å². The first-order valence-corrected chi connectivity index (χ1v) is 11.7. The standard InChI is InChI=1S/C26H29N3O5/c1-32-21-6-8-24-17(10-21)9-18(15-33-24)26(31)29-23-7-5-16(19-13-27-28-14-19)11-25(23)34-22-4-2-3-20(30)12-22/h5-8,10-11,13-14,18,20,22,30H,2-4,9,12,15H2,1H3,(H,27,28)(H,29,31)/t18-,20-,22-/m0/s1. The van der Waals surface area contributed by atoms with Gasteiger partial charge in [-0.25, -0.2) is 0 Å². The molecule has 1 aliphatic carbocycles. The van der Waals surface area contributed by atoms with Gasteiger partial charge in [-0.15, -0.1) is 0 Å². The van der Waals surface area contributed by atoms with Gasteiger partial charge in [0.05, 0.1) is 31.0 Å². The summed E-state index contributed by atoms with van der Waals surface area (Å²) in [5, 5.41) is 20.0. The number of nitrogens with one attached hydrogen (secondary N) is 2. The lowest BCUT2D eigenvalue weighted by Gasteiger charge is -2.28. The Hall–Kier alpha value is -3.52. The molecule has 3 aromatic rings. The largest absolute Gasteiger partial charge is 0.497 e. The molecule has 2 heterocycles. The first kappa shape index (κ1) is 22.3. The van der Waals surface area contributed by atoms with Crippen molar-refractivity contribution in [2.75, 3.05) is 19.0 Å². The Balaban J connectivity index is 1.36. The number of carbonyl (C=O) groups excluding carboxylic acids is 1. The van der Waals surface area contributed by atoms with Crippen molar-refractivity contribution in [1.82, 2.24) is 10.2 Å². The predicted molar refractivity (Wildman–Crippen MR) is 127 cm³/mol. The molecule has 0 bridgehead atoms. The lowest BCUT2D eigenvalue weighted by Crippen LogP contribution is -2.33. The average Bonchev–Trinajstić information content (AvgIpc) is 3.39. The Labute approximate surface area is 198 Å². The third kappa shape index (κ3) is 4.87. The summed E-state index contributed by atoms with van der Waals surface area (Å²) in [4.78, 5) is 13.2. The van der Waals surface area contributed by atoms with E-state index in [1.165, 1.54) is 0 Å². The molecule has 2 aromatic carbocycles. The monoisotopic (exact) mass is 463 g/mol. The van der Waals surface area contributed by atoms with Crippen molar-refractivity contribution in [3.8, 4) is 28.4 Å². The highest BCUT2D eigenvalue weighted by Gasteiger charge is 2.28. The number of amides is 1. The van der Waals surface area contributed by atoms with Gasteiger partial charge in [-0.05, 0) is 67.1 Å². The Bertz CT molecular complexity index is 1150. The number of aliphatic hydroxyl groups is 1. The molecule has 8 nitrogen and oxygen atoms in total. The number of hydrogen-bond donors (Lipinski definition) is 3. The topological polar surface area (TPSA) is 106 Å². The summed E-state index contributed by atoms with van der Waals surface area (Å²) in [6.45, 7) is 0.309. The quantitative estimate of drug-likeness (QED) is 0.511. The van der Waals surface area contributed by atoms with Gasteiger partial charge in [-0.1, -0.05) is 6.07 Å². The van der Waals surface area contributed by atoms with Crippen LogP contribution in [0.3, 0.4) is 0 Å². The molecule has 178 valence electrons. The van der Waals surface area contributed by atoms with Crippen LogP contribution in [0.25, 0.3) is 11.1 Å². The summed E-state index contributed by atoms with van der Waals surface area (Å²) >= 11 is 0. The van der Waals surface area contributed by atoms with Crippen molar-refractivity contribution in [3.05, 3.63) is 54.4 Å². The molecule has 3 atom stereocenters. The van der Waals surface area contributed by atoms with E-state index in [1.54, 1.807) is 13.3 Å². The number of hydrogen-bond acceptors (Lipinski definition) is 6. The van der Waals surface area contributed by atoms with Gasteiger partial charge >= 0.3 is 0 Å². The number of aromatic amines is 1. The number of methoxy groups -OCH3 is 1. The Morgan fingerprint density at radius 1 is 1.21 bits per heavy atom. The first-order valence-electron chi connectivity index (χ1n) is 11.7. The number of anilines is 1. The van der Waals surface area contributed by atoms with Crippen LogP contribution in [0.4, 0.5) is 5.69 Å². The molecule has 0 radical (unpaired) electrons. The van der Waals surface area contributed by atoms with E-state index < -0.39 is 0 Å². The molecule has 2 aliphatic rings. The Kier molecular flexibility index (Phi) is 6.40. The number of ether oxygens (including phenoxy) is 3. The second-order valence-electron chi connectivity index (χ2n) is 8.93. The third-order valence-corrected chi connectivity index (χ3v) is 6.51. The molecular formula is C26H29N3O5. The fourth-order valence-electron chi connectivity index (χ4n) is 4.62. The van der Waals surface area contributed by atoms with Crippen molar-refractivity contribution < 1.29 is 24.1 Å². The number of fused-ring (bicyclic) bond motifs is 1. The number of rotatable bonds is 6. The first-order chi connectivity index (χ1) is 16.6. The van der Waals surface area contributed by atoms with Crippen LogP contribution < -0.4 is 19.5 Å². The van der Waals surface area contributed by atoms with E-state index in [2.05, 4.69) is 15.5 Å². The summed E-state index contributed by atoms with van der Waals surface area (Å²) in [6, 6.07) is 11.3. The number of aromatic nitrogens is 2. The lowest BCUT2D eigenvalue weighted by atomic mass is 9.95. The summed E-state index contributed by atoms with van der Waals surface area (Å²) in [6.07, 6.45) is 6.83. The van der Waals surface area contributed by atoms with Crippen LogP contribution in [0.5, 0.6) is 17.2 Å². The molecule has 0 spiro atoms. The van der Waals surface area contributed by atoms with Crippen LogP contribution in [-0.4, -0.2) is 47.1 Å². The number of H-pyrrole nitrogens is 1. The zero-order valence-corrected chi connectivity index (χ0v) is 19.1. The molecule has 34 heavy (non-hydrogen) atoms. The zero-order valence-electron chi connectivity index (χ0n) is 19.1. The van der Waals surface area contributed by atoms with Crippen LogP contribution in [0.15, 0.2) is 48.8 Å². The van der Waals surface area contributed by atoms with Crippen LogP contribution in [-0.2, 0) is 11.2 Å². The highest BCUT2D eigenvalue weighted by atomic mass is 16.5. The summed E-state index contributed by atoms with van der Waals surface area (Å²) in [5.41, 5.74) is 3.42. The van der Waals surface area contributed by atoms with Gasteiger partial charge in [0, 0.05) is 18.2 Å². The maximum atomic E-state index is 13.2. The normalized spacial score (nSPS) is 21.8. The van der Waals surface area contributed by atoms with Gasteiger partial charge in [0.2, 0.25) is 5.91 Å². The van der Waals surface area contributed by atoms with Gasteiger partial charge in [0.1, 0.15) is 30.0 Å². The van der Waals surface area contributed by atoms with E-state index in [0.717, 1.165) is 47.5 Å². The van der Waals surface area contributed by atoms with Crippen molar-refractivity contribution in [2.24, 2.45) is 5.92 Å². The summed E-state index contributed by atoms with van der Waals surface area (Å²) in [7, 11) is 1.62. The lowest BCUT2D eigenvalue weighted by molar-refractivity contribution is -0.121. The van der Waals surface area contributed by atoms with Crippen LogP contribution in [0, 0.1) is 5.92 Å². The molecule has 0 unspecified atom stereocenters. The SMILES string of the molecule is COc1ccc2c(c1)C[C@H](C(=O)Nc1ccc(-c3cn[nH]c3)cc1O[C@H]1CCC[C@H](O)C1)CO2. The molecule has 1 amide bonds. The van der Waals surface area contributed by atoms with Crippen LogP contribution in [0.1, 0.15) is 31.2 Å². The van der Waals surface area contributed by atoms with Gasteiger partial charge in [-0.2, -0.15) is 5.10 Å². The number of benzene rings is 2. The number of nitrogens with zero attached hydrogens (tertiary/aromatic N) is 1. The maximum Gasteiger partial charge on any atom is 0.231 e. The molecule has 1 fully saturated rings. The minimum Gasteiger partial charge on any atom is -0.497 e. The van der Waals surface area contributed by atoms with E-state index in [1.807, 2.05) is 42.6 Å². The zero-order chi connectivity index (χ0) is 23.5. The van der Waals surface area contributed by atoms with Gasteiger partial charge < -0.3 is 24.6 Å². The van der Waals surface area contributed by atoms with Crippen LogP contribution >= 0.6 is 0 Å². The molecule has 3 N–H and O–H groups in total. The second-order valence-corrected chi connectivity index (χ2v) is 8.93. The Morgan fingerprint density at radius 3 is 2.91 bits per heavy atom. The van der Waals surface area contributed by atoms with Crippen LogP contribution in [0.2, 0.25) is 0 Å². The van der Waals surface area contributed by atoms with E-state index in [9.17, 15) is 9.90 Å². The smallest absolute Gasteiger partial charge is 0.231 e. The molecule has 1 aliphatic heterocycles. The Morgan fingerprint density at radius 2 is 2.12 bits per heavy atom. The molecule has 0 saturated heterocycles. The molecule has 8 heteroatoms. The van der Waals surface area contributed by atoms with Crippen molar-refractivity contribution in [2.45, 2.75) is 44.3 Å². The molecule has 1 saturated carbocycles. The molecule has 1 aromatic heterocycles. The van der Waals surface area contributed by atoms with Gasteiger partial charge in [0.15, 0.2) is 0 Å². The number of carbonyl (C=O) groups is 1. The van der Waals surface area contributed by atoms with E-state index >= 15 is 0 Å². The minimum absolute atomic E-state index is 0.101. The van der Waals surface area contributed by atoms with Crippen molar-refractivity contribution >= 4 is 11.6 Å². The van der Waals surface area contributed by atoms with E-state index in [4.69, 9.17) is 14.2 Å². The van der Waals surface area contributed by atoms with Gasteiger partial charge in [0.25, 0.3) is 0 Å². The highest BCUT2D eigenvalue weighted by molar-refractivity contribution is 5.95. The fraction of sp³-hybridized carbons (Fsp3) is 0.385. The average molecular weight is 464 g/mol. The van der Waals surface area contributed by atoms with Crippen molar-refractivity contribution in [1.29, 1.82) is 0 Å². The second kappa shape index (κ2) is 9.77. The molecule has 5 rings (SSSR count). The minimum atomic E-state index is -0.356. The number of aliphatic hydroxyl groups excluding tert-OH is 1. The summed E-state index contributed by atoms with van der Waals surface area (Å²) in [5.74, 6) is 1.65. The van der Waals surface area contributed by atoms with E-state index in [-0.39, 0.29) is 24.0 Å². The summed E-state index contributed by atoms with van der Waals surface area (Å²) < 4.78 is 17.5. The van der Waals surface area contributed by atoms with Gasteiger partial charge in [-0.3, -0.25) is 9.89 Å². The fourth-order valence-corrected chi connectivity index (χ4v) is 4.62. The predicted octanol–water partition coefficient (Wildman–Crippen LogP) is 3.96. The highest BCUT2D eigenvalue weighted by Crippen LogP contribution is 2.35. The maximum absolute atomic E-state index is 13.2. The molecular weight excluding hydrogens is 434 g/mol.